The van der Waals surface area contributed by atoms with Crippen LogP contribution in [0.4, 0.5) is 0 Å². The number of unbranched alkanes of at least 4 members (excludes halogenated alkanes) is 3. The van der Waals surface area contributed by atoms with E-state index in [2.05, 4.69) is 46.6 Å². The van der Waals surface area contributed by atoms with E-state index in [0.29, 0.717) is 6.04 Å². The Hall–Kier alpha value is -0.0800. The number of rotatable bonds is 10. The monoisotopic (exact) mass is 256 g/mol. The molecule has 18 heavy (non-hydrogen) atoms. The molecule has 0 spiro atoms. The van der Waals surface area contributed by atoms with E-state index in [0.717, 1.165) is 12.5 Å². The normalized spacial score (nSPS) is 17.2. The zero-order valence-corrected chi connectivity index (χ0v) is 13.6. The van der Waals surface area contributed by atoms with Gasteiger partial charge in [-0.25, -0.2) is 0 Å². The molecule has 0 heterocycles. The lowest BCUT2D eigenvalue weighted by Gasteiger charge is -2.42. The first-order chi connectivity index (χ1) is 8.37. The van der Waals surface area contributed by atoms with E-state index in [1.807, 2.05) is 0 Å². The van der Waals surface area contributed by atoms with E-state index >= 15 is 0 Å². The van der Waals surface area contributed by atoms with Crippen LogP contribution in [0.1, 0.15) is 73.1 Å². The summed E-state index contributed by atoms with van der Waals surface area (Å²) in [5.74, 6) is 0.754. The maximum Gasteiger partial charge on any atom is 0.0303 e. The molecular weight excluding hydrogens is 220 g/mol. The zero-order chi connectivity index (χ0) is 14.2. The smallest absolute Gasteiger partial charge is 0.0303 e. The molecule has 0 saturated heterocycles. The van der Waals surface area contributed by atoms with E-state index in [-0.39, 0.29) is 5.54 Å². The molecule has 2 heteroatoms. The van der Waals surface area contributed by atoms with Crippen LogP contribution in [0.3, 0.4) is 0 Å². The molecule has 0 fully saturated rings. The first-order valence-electron chi connectivity index (χ1n) is 7.80. The van der Waals surface area contributed by atoms with Crippen LogP contribution in [0.25, 0.3) is 0 Å². The van der Waals surface area contributed by atoms with Crippen molar-refractivity contribution in [3.05, 3.63) is 0 Å². The number of nitrogens with zero attached hydrogens (tertiary/aromatic N) is 1. The van der Waals surface area contributed by atoms with Crippen molar-refractivity contribution in [1.29, 1.82) is 0 Å². The second-order valence-electron chi connectivity index (χ2n) is 6.60. The third-order valence-corrected chi connectivity index (χ3v) is 4.33. The van der Waals surface area contributed by atoms with E-state index in [9.17, 15) is 0 Å². The average Bonchev–Trinajstić information content (AvgIpc) is 2.32. The van der Waals surface area contributed by atoms with E-state index in [1.165, 1.54) is 38.5 Å². The summed E-state index contributed by atoms with van der Waals surface area (Å²) < 4.78 is 0. The number of nitrogens with two attached hydrogens (primary N) is 1. The number of likely N-dealkylation sites (N-methyl/N-ethyl adjacent to an activating group) is 1. The molecule has 0 aliphatic heterocycles. The quantitative estimate of drug-likeness (QED) is 0.598. The van der Waals surface area contributed by atoms with E-state index in [4.69, 9.17) is 5.73 Å². The van der Waals surface area contributed by atoms with Gasteiger partial charge in [-0.2, -0.15) is 0 Å². The molecule has 2 N–H and O–H groups in total. The molecule has 0 aromatic rings. The molecule has 110 valence electrons. The molecule has 2 nitrogen and oxygen atoms in total. The highest BCUT2D eigenvalue weighted by Gasteiger charge is 2.30. The molecule has 0 saturated carbocycles. The lowest BCUT2D eigenvalue weighted by atomic mass is 9.90. The molecule has 2 atom stereocenters. The van der Waals surface area contributed by atoms with Gasteiger partial charge in [0.2, 0.25) is 0 Å². The van der Waals surface area contributed by atoms with Gasteiger partial charge in [0.1, 0.15) is 0 Å². The molecule has 0 radical (unpaired) electrons. The summed E-state index contributed by atoms with van der Waals surface area (Å²) >= 11 is 0. The maximum absolute atomic E-state index is 6.05. The van der Waals surface area contributed by atoms with Crippen molar-refractivity contribution in [2.75, 3.05) is 13.6 Å². The van der Waals surface area contributed by atoms with Crippen molar-refractivity contribution in [1.82, 2.24) is 4.90 Å². The standard InChI is InChI=1S/C16H36N2/c1-7-8-9-10-11-16(5,13-17)18(6)15(4)12-14(2)3/h14-15H,7-13,17H2,1-6H3. The SMILES string of the molecule is CCCCCCC(C)(CN)N(C)C(C)CC(C)C. The second-order valence-corrected chi connectivity index (χ2v) is 6.60. The fraction of sp³-hybridized carbons (Fsp3) is 1.00. The third-order valence-electron chi connectivity index (χ3n) is 4.33. The van der Waals surface area contributed by atoms with Crippen molar-refractivity contribution in [3.8, 4) is 0 Å². The Balaban J connectivity index is 4.32. The minimum atomic E-state index is 0.169. The van der Waals surface area contributed by atoms with Crippen molar-refractivity contribution in [2.45, 2.75) is 84.7 Å². The molecule has 2 unspecified atom stereocenters. The van der Waals surface area contributed by atoms with Crippen LogP contribution in [0.5, 0.6) is 0 Å². The largest absolute Gasteiger partial charge is 0.329 e. The van der Waals surface area contributed by atoms with Crippen LogP contribution in [0.15, 0.2) is 0 Å². The van der Waals surface area contributed by atoms with Gasteiger partial charge < -0.3 is 5.73 Å². The van der Waals surface area contributed by atoms with Gasteiger partial charge >= 0.3 is 0 Å². The summed E-state index contributed by atoms with van der Waals surface area (Å²) in [5.41, 5.74) is 6.22. The number of hydrogen-bond donors (Lipinski definition) is 1. The van der Waals surface area contributed by atoms with Crippen LogP contribution in [-0.4, -0.2) is 30.1 Å². The highest BCUT2D eigenvalue weighted by Crippen LogP contribution is 2.25. The maximum atomic E-state index is 6.05. The molecule has 0 aliphatic rings. The highest BCUT2D eigenvalue weighted by molar-refractivity contribution is 4.88. The van der Waals surface area contributed by atoms with Gasteiger partial charge in [-0.05, 0) is 39.7 Å². The predicted molar refractivity (Wildman–Crippen MR) is 82.9 cm³/mol. The molecule has 0 bridgehead atoms. The fourth-order valence-electron chi connectivity index (χ4n) is 2.73. The summed E-state index contributed by atoms with van der Waals surface area (Å²) in [6.45, 7) is 12.3. The third kappa shape index (κ3) is 6.19. The second kappa shape index (κ2) is 8.92. The van der Waals surface area contributed by atoms with Gasteiger partial charge in [0.15, 0.2) is 0 Å². The molecular formula is C16H36N2. The first-order valence-corrected chi connectivity index (χ1v) is 7.80. The summed E-state index contributed by atoms with van der Waals surface area (Å²) in [4.78, 5) is 2.51. The summed E-state index contributed by atoms with van der Waals surface area (Å²) in [6.07, 6.45) is 7.78. The van der Waals surface area contributed by atoms with Gasteiger partial charge in [0, 0.05) is 18.1 Å². The Kier molecular flexibility index (Phi) is 8.89. The van der Waals surface area contributed by atoms with E-state index in [1.54, 1.807) is 0 Å². The topological polar surface area (TPSA) is 29.3 Å². The van der Waals surface area contributed by atoms with Crippen molar-refractivity contribution < 1.29 is 0 Å². The van der Waals surface area contributed by atoms with Gasteiger partial charge in [-0.3, -0.25) is 4.90 Å². The first kappa shape index (κ1) is 17.9. The summed E-state index contributed by atoms with van der Waals surface area (Å²) in [5, 5.41) is 0. The van der Waals surface area contributed by atoms with Crippen molar-refractivity contribution >= 4 is 0 Å². The fourth-order valence-corrected chi connectivity index (χ4v) is 2.73. The molecule has 0 amide bonds. The van der Waals surface area contributed by atoms with Crippen LogP contribution in [0.2, 0.25) is 0 Å². The van der Waals surface area contributed by atoms with Crippen molar-refractivity contribution in [3.63, 3.8) is 0 Å². The van der Waals surface area contributed by atoms with Crippen LogP contribution >= 0.6 is 0 Å². The minimum Gasteiger partial charge on any atom is -0.329 e. The zero-order valence-electron chi connectivity index (χ0n) is 13.6. The lowest BCUT2D eigenvalue weighted by molar-refractivity contribution is 0.0790. The van der Waals surface area contributed by atoms with Crippen LogP contribution in [0, 0.1) is 5.92 Å². The van der Waals surface area contributed by atoms with Gasteiger partial charge in [-0.15, -0.1) is 0 Å². The molecule has 0 aromatic carbocycles. The lowest BCUT2D eigenvalue weighted by Crippen LogP contribution is -2.53. The Morgan fingerprint density at radius 2 is 1.72 bits per heavy atom. The van der Waals surface area contributed by atoms with E-state index < -0.39 is 0 Å². The Morgan fingerprint density at radius 1 is 1.11 bits per heavy atom. The average molecular weight is 256 g/mol. The Bertz CT molecular complexity index is 203. The molecule has 0 aliphatic carbocycles. The summed E-state index contributed by atoms with van der Waals surface area (Å²) in [7, 11) is 2.25. The van der Waals surface area contributed by atoms with Gasteiger partial charge in [0.25, 0.3) is 0 Å². The highest BCUT2D eigenvalue weighted by atomic mass is 15.2. The number of hydrogen-bond acceptors (Lipinski definition) is 2. The van der Waals surface area contributed by atoms with Gasteiger partial charge in [-0.1, -0.05) is 46.5 Å². The van der Waals surface area contributed by atoms with Crippen molar-refractivity contribution in [2.24, 2.45) is 11.7 Å². The van der Waals surface area contributed by atoms with Gasteiger partial charge in [0.05, 0.1) is 0 Å². The summed E-state index contributed by atoms with van der Waals surface area (Å²) in [6, 6.07) is 0.615. The van der Waals surface area contributed by atoms with Crippen LogP contribution < -0.4 is 5.73 Å². The Labute approximate surface area is 115 Å². The predicted octanol–water partition coefficient (Wildman–Crippen LogP) is 4.04. The molecule has 0 aromatic heterocycles. The minimum absolute atomic E-state index is 0.169. The Morgan fingerprint density at radius 3 is 2.17 bits per heavy atom. The molecule has 0 rings (SSSR count). The van der Waals surface area contributed by atoms with Crippen LogP contribution in [-0.2, 0) is 0 Å².